The molecule has 0 amide bonds. The summed E-state index contributed by atoms with van der Waals surface area (Å²) in [6, 6.07) is 2.65. The highest BCUT2D eigenvalue weighted by atomic mass is 16.3. The molecule has 0 aliphatic heterocycles. The zero-order chi connectivity index (χ0) is 9.84. The molecule has 0 saturated heterocycles. The van der Waals surface area contributed by atoms with Crippen molar-refractivity contribution in [2.24, 2.45) is 0 Å². The van der Waals surface area contributed by atoms with E-state index in [4.69, 9.17) is 10.4 Å². The highest BCUT2D eigenvalue weighted by Gasteiger charge is 2.19. The van der Waals surface area contributed by atoms with E-state index in [1.807, 2.05) is 0 Å². The van der Waals surface area contributed by atoms with Gasteiger partial charge in [-0.05, 0) is 0 Å². The smallest absolute Gasteiger partial charge is 0.187 e. The number of nitrogens with zero attached hydrogens (tertiary/aromatic N) is 1. The van der Waals surface area contributed by atoms with Gasteiger partial charge in [0.1, 0.15) is 6.10 Å². The Hall–Kier alpha value is -1.64. The van der Waals surface area contributed by atoms with Gasteiger partial charge < -0.3 is 15.2 Å². The largest absolute Gasteiger partial charge is 0.384 e. The Bertz CT molecular complexity index is 379. The highest BCUT2D eigenvalue weighted by molar-refractivity contribution is 5.15. The minimum Gasteiger partial charge on any atom is -0.384 e. The number of nitriles is 1. The molecule has 2 atom stereocenters. The maximum absolute atomic E-state index is 11.1. The molecule has 2 unspecified atom stereocenters. The molecule has 13 heavy (non-hydrogen) atoms. The highest BCUT2D eigenvalue weighted by Crippen LogP contribution is 2.10. The van der Waals surface area contributed by atoms with E-state index in [0.29, 0.717) is 0 Å². The Morgan fingerprint density at radius 2 is 2.23 bits per heavy atom. The SMILES string of the molecule is N#CC(O)C(O)c1c[nH]ccc1=O. The van der Waals surface area contributed by atoms with Gasteiger partial charge in [-0.15, -0.1) is 0 Å². The summed E-state index contributed by atoms with van der Waals surface area (Å²) in [5, 5.41) is 26.5. The maximum Gasteiger partial charge on any atom is 0.187 e. The predicted octanol–water partition coefficient (Wildman–Crippen LogP) is -0.707. The fraction of sp³-hybridized carbons (Fsp3) is 0.250. The number of aromatic nitrogens is 1. The molecule has 0 fully saturated rings. The second-order valence-corrected chi connectivity index (χ2v) is 2.48. The van der Waals surface area contributed by atoms with E-state index in [9.17, 15) is 9.90 Å². The van der Waals surface area contributed by atoms with Crippen molar-refractivity contribution in [3.8, 4) is 6.07 Å². The first-order chi connectivity index (χ1) is 6.16. The summed E-state index contributed by atoms with van der Waals surface area (Å²) in [6.45, 7) is 0. The standard InChI is InChI=1S/C8H8N2O3/c9-3-7(12)8(13)5-4-10-2-1-6(5)11/h1-2,4,7-8,12-13H,(H,10,11). The summed E-state index contributed by atoms with van der Waals surface area (Å²) < 4.78 is 0. The first-order valence-corrected chi connectivity index (χ1v) is 3.59. The molecule has 0 radical (unpaired) electrons. The number of aliphatic hydroxyl groups is 2. The van der Waals surface area contributed by atoms with Gasteiger partial charge in [-0.25, -0.2) is 0 Å². The number of aromatic amines is 1. The van der Waals surface area contributed by atoms with Crippen LogP contribution in [0.15, 0.2) is 23.3 Å². The van der Waals surface area contributed by atoms with Crippen molar-refractivity contribution in [2.45, 2.75) is 12.2 Å². The maximum atomic E-state index is 11.1. The Labute approximate surface area is 73.9 Å². The molecule has 68 valence electrons. The van der Waals surface area contributed by atoms with Crippen molar-refractivity contribution >= 4 is 0 Å². The Balaban J connectivity index is 3.03. The van der Waals surface area contributed by atoms with Gasteiger partial charge in [0.2, 0.25) is 0 Å². The first-order valence-electron chi connectivity index (χ1n) is 3.59. The van der Waals surface area contributed by atoms with E-state index in [0.717, 1.165) is 0 Å². The van der Waals surface area contributed by atoms with E-state index >= 15 is 0 Å². The van der Waals surface area contributed by atoms with Gasteiger partial charge in [-0.2, -0.15) is 5.26 Å². The summed E-state index contributed by atoms with van der Waals surface area (Å²) in [5.41, 5.74) is -0.433. The van der Waals surface area contributed by atoms with Gasteiger partial charge in [0.25, 0.3) is 0 Å². The van der Waals surface area contributed by atoms with Crippen LogP contribution < -0.4 is 5.43 Å². The van der Waals surface area contributed by atoms with Crippen LogP contribution in [0.3, 0.4) is 0 Å². The van der Waals surface area contributed by atoms with Gasteiger partial charge in [-0.1, -0.05) is 0 Å². The van der Waals surface area contributed by atoms with Crippen LogP contribution in [-0.2, 0) is 0 Å². The molecular weight excluding hydrogens is 172 g/mol. The van der Waals surface area contributed by atoms with Crippen molar-refractivity contribution in [3.63, 3.8) is 0 Å². The second-order valence-electron chi connectivity index (χ2n) is 2.48. The lowest BCUT2D eigenvalue weighted by Gasteiger charge is -2.09. The van der Waals surface area contributed by atoms with Gasteiger partial charge in [0, 0.05) is 24.0 Å². The molecule has 0 spiro atoms. The molecule has 1 rings (SSSR count). The zero-order valence-electron chi connectivity index (χ0n) is 6.64. The lowest BCUT2D eigenvalue weighted by Crippen LogP contribution is -2.22. The molecule has 3 N–H and O–H groups in total. The number of aliphatic hydroxyl groups excluding tert-OH is 2. The third-order valence-electron chi connectivity index (χ3n) is 1.60. The second kappa shape index (κ2) is 3.85. The van der Waals surface area contributed by atoms with Crippen LogP contribution in [0.25, 0.3) is 0 Å². The summed E-state index contributed by atoms with van der Waals surface area (Å²) in [7, 11) is 0. The average Bonchev–Trinajstić information content (AvgIpc) is 2.16. The number of pyridine rings is 1. The van der Waals surface area contributed by atoms with Crippen molar-refractivity contribution < 1.29 is 10.2 Å². The van der Waals surface area contributed by atoms with Crippen LogP contribution in [0.1, 0.15) is 11.7 Å². The summed E-state index contributed by atoms with van der Waals surface area (Å²) in [6.07, 6.45) is -0.385. The van der Waals surface area contributed by atoms with Crippen LogP contribution in [-0.4, -0.2) is 21.3 Å². The molecule has 5 heteroatoms. The fourth-order valence-electron chi connectivity index (χ4n) is 0.901. The quantitative estimate of drug-likeness (QED) is 0.524. The van der Waals surface area contributed by atoms with Gasteiger partial charge in [0.05, 0.1) is 6.07 Å². The van der Waals surface area contributed by atoms with Crippen LogP contribution in [0, 0.1) is 11.3 Å². The molecule has 1 aromatic heterocycles. The molecular formula is C8H8N2O3. The summed E-state index contributed by atoms with van der Waals surface area (Å²) in [4.78, 5) is 13.7. The number of rotatable bonds is 2. The van der Waals surface area contributed by atoms with Gasteiger partial charge >= 0.3 is 0 Å². The van der Waals surface area contributed by atoms with Gasteiger partial charge in [0.15, 0.2) is 11.5 Å². The van der Waals surface area contributed by atoms with E-state index in [-0.39, 0.29) is 5.56 Å². The normalized spacial score (nSPS) is 14.5. The predicted molar refractivity (Wildman–Crippen MR) is 43.6 cm³/mol. The van der Waals surface area contributed by atoms with Crippen LogP contribution in [0.4, 0.5) is 0 Å². The number of hydrogen-bond acceptors (Lipinski definition) is 4. The molecule has 0 aliphatic rings. The first kappa shape index (κ1) is 9.45. The van der Waals surface area contributed by atoms with Crippen molar-refractivity contribution in [1.82, 2.24) is 4.98 Å². The number of nitrogens with one attached hydrogen (secondary N) is 1. The minimum absolute atomic E-state index is 0.0171. The summed E-state index contributed by atoms with van der Waals surface area (Å²) >= 11 is 0. The molecule has 0 aromatic carbocycles. The Morgan fingerprint density at radius 1 is 1.54 bits per heavy atom. The zero-order valence-corrected chi connectivity index (χ0v) is 6.64. The number of hydrogen-bond donors (Lipinski definition) is 3. The van der Waals surface area contributed by atoms with Crippen LogP contribution in [0.2, 0.25) is 0 Å². The van der Waals surface area contributed by atoms with E-state index in [1.165, 1.54) is 24.5 Å². The molecule has 5 nitrogen and oxygen atoms in total. The fourth-order valence-corrected chi connectivity index (χ4v) is 0.901. The Morgan fingerprint density at radius 3 is 2.77 bits per heavy atom. The molecule has 1 heterocycles. The lowest BCUT2D eigenvalue weighted by molar-refractivity contribution is 0.0519. The van der Waals surface area contributed by atoms with E-state index in [1.54, 1.807) is 0 Å². The van der Waals surface area contributed by atoms with E-state index < -0.39 is 17.6 Å². The number of H-pyrrole nitrogens is 1. The monoisotopic (exact) mass is 180 g/mol. The van der Waals surface area contributed by atoms with Crippen molar-refractivity contribution in [2.75, 3.05) is 0 Å². The average molecular weight is 180 g/mol. The lowest BCUT2D eigenvalue weighted by atomic mass is 10.1. The minimum atomic E-state index is -1.58. The summed E-state index contributed by atoms with van der Waals surface area (Å²) in [5.74, 6) is 0. The van der Waals surface area contributed by atoms with Crippen LogP contribution >= 0.6 is 0 Å². The third-order valence-corrected chi connectivity index (χ3v) is 1.60. The van der Waals surface area contributed by atoms with Crippen LogP contribution in [0.5, 0.6) is 0 Å². The third kappa shape index (κ3) is 1.93. The Kier molecular flexibility index (Phi) is 2.80. The van der Waals surface area contributed by atoms with Crippen molar-refractivity contribution in [1.29, 1.82) is 5.26 Å². The molecule has 0 saturated carbocycles. The molecule has 0 aliphatic carbocycles. The van der Waals surface area contributed by atoms with Gasteiger partial charge in [-0.3, -0.25) is 4.79 Å². The van der Waals surface area contributed by atoms with Crippen molar-refractivity contribution in [3.05, 3.63) is 34.2 Å². The molecule has 0 bridgehead atoms. The molecule has 1 aromatic rings. The topological polar surface area (TPSA) is 97.1 Å². The van der Waals surface area contributed by atoms with E-state index in [2.05, 4.69) is 4.98 Å².